The van der Waals surface area contributed by atoms with Crippen molar-refractivity contribution in [3.63, 3.8) is 0 Å². The van der Waals surface area contributed by atoms with Crippen molar-refractivity contribution in [2.45, 2.75) is 62.4 Å². The van der Waals surface area contributed by atoms with Gasteiger partial charge >= 0.3 is 6.09 Å². The van der Waals surface area contributed by atoms with Gasteiger partial charge in [-0.2, -0.15) is 4.31 Å². The highest BCUT2D eigenvalue weighted by Gasteiger charge is 2.34. The van der Waals surface area contributed by atoms with E-state index in [9.17, 15) is 22.4 Å². The summed E-state index contributed by atoms with van der Waals surface area (Å²) in [6, 6.07) is 21.4. The van der Waals surface area contributed by atoms with Crippen LogP contribution in [-0.4, -0.2) is 57.0 Å². The predicted octanol–water partition coefficient (Wildman–Crippen LogP) is 7.17. The Kier molecular flexibility index (Phi) is 14.1. The van der Waals surface area contributed by atoms with E-state index >= 15 is 4.39 Å². The van der Waals surface area contributed by atoms with Crippen LogP contribution >= 0.6 is 11.6 Å². The number of hydrogen-bond donors (Lipinski definition) is 3. The van der Waals surface area contributed by atoms with E-state index in [0.29, 0.717) is 41.0 Å². The molecular weight excluding hydrogens is 698 g/mol. The molecule has 272 valence electrons. The van der Waals surface area contributed by atoms with Gasteiger partial charge in [0.1, 0.15) is 17.7 Å². The highest BCUT2D eigenvalue weighted by Crippen LogP contribution is 2.32. The highest BCUT2D eigenvalue weighted by molar-refractivity contribution is 7.89. The predicted molar refractivity (Wildman–Crippen MR) is 195 cm³/mol. The Labute approximate surface area is 303 Å². The quantitative estimate of drug-likeness (QED) is 0.112. The van der Waals surface area contributed by atoms with Crippen molar-refractivity contribution < 1.29 is 31.5 Å². The zero-order valence-electron chi connectivity index (χ0n) is 28.7. The average Bonchev–Trinajstić information content (AvgIpc) is 3.10. The van der Waals surface area contributed by atoms with Gasteiger partial charge in [0.2, 0.25) is 15.9 Å². The van der Waals surface area contributed by atoms with E-state index in [-0.39, 0.29) is 35.7 Å². The topological polar surface area (TPSA) is 131 Å². The van der Waals surface area contributed by atoms with Crippen LogP contribution in [0, 0.1) is 18.6 Å². The number of rotatable bonds is 16. The molecule has 4 N–H and O–H groups in total. The number of hydrogen-bond acceptors (Lipinski definition) is 6. The minimum Gasteiger partial charge on any atom is -0.453 e. The van der Waals surface area contributed by atoms with Gasteiger partial charge in [-0.1, -0.05) is 61.0 Å². The molecule has 0 radical (unpaired) electrons. The van der Waals surface area contributed by atoms with Crippen LogP contribution in [0.3, 0.4) is 0 Å². The number of sulfonamides is 1. The highest BCUT2D eigenvalue weighted by atomic mass is 35.5. The third-order valence-corrected chi connectivity index (χ3v) is 10.8. The monoisotopic (exact) mass is 740 g/mol. The van der Waals surface area contributed by atoms with Gasteiger partial charge in [0.25, 0.3) is 0 Å². The normalized spacial score (nSPS) is 13.3. The summed E-state index contributed by atoms with van der Waals surface area (Å²) in [7, 11) is -2.69. The maximum Gasteiger partial charge on any atom is 0.407 e. The fourth-order valence-electron chi connectivity index (χ4n) is 6.16. The summed E-state index contributed by atoms with van der Waals surface area (Å²) in [5.74, 6) is -2.73. The first kappa shape index (κ1) is 39.4. The molecule has 13 heteroatoms. The molecule has 0 fully saturated rings. The van der Waals surface area contributed by atoms with Crippen LogP contribution in [0.5, 0.6) is 0 Å². The van der Waals surface area contributed by atoms with Crippen molar-refractivity contribution in [2.75, 3.05) is 25.5 Å². The second-order valence-electron chi connectivity index (χ2n) is 12.2. The summed E-state index contributed by atoms with van der Waals surface area (Å²) in [6.45, 7) is 3.90. The van der Waals surface area contributed by atoms with Crippen molar-refractivity contribution in [3.8, 4) is 0 Å². The number of alkyl carbamates (subject to hydrolysis) is 1. The third kappa shape index (κ3) is 10.1. The first-order chi connectivity index (χ1) is 24.4. The fraction of sp³-hybridized carbons (Fsp3) is 0.316. The molecule has 0 bridgehead atoms. The molecule has 4 rings (SSSR count). The van der Waals surface area contributed by atoms with Crippen molar-refractivity contribution in [1.29, 1.82) is 0 Å². The Morgan fingerprint density at radius 1 is 0.961 bits per heavy atom. The molecule has 0 aliphatic rings. The van der Waals surface area contributed by atoms with E-state index in [1.165, 1.54) is 40.7 Å². The van der Waals surface area contributed by atoms with Crippen LogP contribution in [-0.2, 0) is 26.0 Å². The van der Waals surface area contributed by atoms with E-state index < -0.39 is 51.7 Å². The molecule has 0 unspecified atom stereocenters. The van der Waals surface area contributed by atoms with E-state index in [2.05, 4.69) is 10.6 Å². The van der Waals surface area contributed by atoms with Crippen molar-refractivity contribution in [1.82, 2.24) is 9.62 Å². The maximum absolute atomic E-state index is 15.5. The molecule has 0 saturated heterocycles. The summed E-state index contributed by atoms with van der Waals surface area (Å²) in [6.07, 6.45) is 0.475. The lowest BCUT2D eigenvalue weighted by Gasteiger charge is -2.30. The second kappa shape index (κ2) is 18.2. The van der Waals surface area contributed by atoms with Gasteiger partial charge < -0.3 is 21.1 Å². The van der Waals surface area contributed by atoms with E-state index in [0.717, 1.165) is 7.11 Å². The van der Waals surface area contributed by atoms with Crippen LogP contribution in [0.4, 0.5) is 19.3 Å². The number of ether oxygens (including phenoxy) is 1. The first-order valence-corrected chi connectivity index (χ1v) is 18.4. The molecule has 0 aromatic heterocycles. The van der Waals surface area contributed by atoms with Gasteiger partial charge in [0.15, 0.2) is 0 Å². The number of methoxy groups -OCH3 is 1. The van der Waals surface area contributed by atoms with Gasteiger partial charge in [-0.15, -0.1) is 0 Å². The number of carbonyl (C=O) groups is 2. The standard InChI is InChI=1S/C38H43ClF2N4O5S/c1-4-20-45(51(48,49)31-11-6-5-7-12-31)30(24-42)10-8-13-32-33(41)14-9-15-34(32)43-37(46)36(44-38(47)50-3)35(26-16-18-28(39)19-17-26)27-21-25(2)22-29(40)23-27/h5-7,9,11-12,14-19,21-23,30,35-36H,4,8,10,13,20,24,42H2,1-3H3,(H,43,46)(H,44,47)/t30-,35-,36-/m0/s1. The lowest BCUT2D eigenvalue weighted by atomic mass is 9.83. The maximum atomic E-state index is 15.5. The number of carbonyl (C=O) groups excluding carboxylic acids is 2. The van der Waals surface area contributed by atoms with Gasteiger partial charge in [0, 0.05) is 41.3 Å². The molecule has 0 spiro atoms. The zero-order chi connectivity index (χ0) is 37.1. The Balaban J connectivity index is 1.63. The van der Waals surface area contributed by atoms with E-state index in [1.54, 1.807) is 61.5 Å². The Morgan fingerprint density at radius 3 is 2.29 bits per heavy atom. The smallest absolute Gasteiger partial charge is 0.407 e. The largest absolute Gasteiger partial charge is 0.453 e. The molecule has 0 heterocycles. The molecule has 3 atom stereocenters. The van der Waals surface area contributed by atoms with Gasteiger partial charge in [-0.05, 0) is 97.8 Å². The Morgan fingerprint density at radius 2 is 1.67 bits per heavy atom. The molecule has 51 heavy (non-hydrogen) atoms. The molecule has 2 amide bonds. The van der Waals surface area contributed by atoms with Crippen LogP contribution in [0.25, 0.3) is 0 Å². The molecule has 0 aliphatic carbocycles. The summed E-state index contributed by atoms with van der Waals surface area (Å²) in [5, 5.41) is 5.81. The second-order valence-corrected chi connectivity index (χ2v) is 14.5. The first-order valence-electron chi connectivity index (χ1n) is 16.6. The molecule has 0 aliphatic heterocycles. The lowest BCUT2D eigenvalue weighted by Crippen LogP contribution is -2.48. The number of anilines is 1. The minimum atomic E-state index is -3.84. The number of benzene rings is 4. The number of nitrogens with one attached hydrogen (secondary N) is 2. The Hall–Kier alpha value is -4.36. The van der Waals surface area contributed by atoms with Crippen LogP contribution in [0.15, 0.2) is 95.9 Å². The summed E-state index contributed by atoms with van der Waals surface area (Å²) < 4.78 is 63.5. The number of nitrogens with two attached hydrogens (primary N) is 1. The molecule has 9 nitrogen and oxygen atoms in total. The van der Waals surface area contributed by atoms with Crippen LogP contribution < -0.4 is 16.4 Å². The van der Waals surface area contributed by atoms with Crippen LogP contribution in [0.1, 0.15) is 54.4 Å². The summed E-state index contributed by atoms with van der Waals surface area (Å²) in [4.78, 5) is 27.0. The van der Waals surface area contributed by atoms with Crippen LogP contribution in [0.2, 0.25) is 5.02 Å². The Bertz CT molecular complexity index is 1880. The van der Waals surface area contributed by atoms with Crippen molar-refractivity contribution in [3.05, 3.63) is 130 Å². The molecule has 4 aromatic rings. The minimum absolute atomic E-state index is 0.0550. The number of halogens is 3. The van der Waals surface area contributed by atoms with Gasteiger partial charge in [-0.3, -0.25) is 4.79 Å². The SMILES string of the molecule is CCCN([C@H](CN)CCCc1c(F)cccc1NC(=O)[C@@H](NC(=O)OC)[C@@H](c1ccc(Cl)cc1)c1cc(C)cc(F)c1)S(=O)(=O)c1ccccc1. The van der Waals surface area contributed by atoms with Gasteiger partial charge in [0.05, 0.1) is 12.0 Å². The summed E-state index contributed by atoms with van der Waals surface area (Å²) >= 11 is 6.15. The zero-order valence-corrected chi connectivity index (χ0v) is 30.3. The number of nitrogens with zero attached hydrogens (tertiary/aromatic N) is 1. The fourth-order valence-corrected chi connectivity index (χ4v) is 8.06. The van der Waals surface area contributed by atoms with Crippen molar-refractivity contribution >= 4 is 39.3 Å². The number of aryl methyl sites for hydroxylation is 1. The third-order valence-electron chi connectivity index (χ3n) is 8.54. The summed E-state index contributed by atoms with van der Waals surface area (Å²) in [5.41, 5.74) is 8.01. The molecule has 0 saturated carbocycles. The molecule has 4 aromatic carbocycles. The van der Waals surface area contributed by atoms with E-state index in [1.807, 2.05) is 6.92 Å². The average molecular weight is 741 g/mol. The van der Waals surface area contributed by atoms with Crippen molar-refractivity contribution in [2.24, 2.45) is 5.73 Å². The lowest BCUT2D eigenvalue weighted by molar-refractivity contribution is -0.118. The van der Waals surface area contributed by atoms with Gasteiger partial charge in [-0.25, -0.2) is 22.0 Å². The molecular formula is C38H43ClF2N4O5S. The van der Waals surface area contributed by atoms with E-state index in [4.69, 9.17) is 22.1 Å². The number of amides is 2.